The highest BCUT2D eigenvalue weighted by Crippen LogP contribution is 2.53. The number of hydrogen-bond donors (Lipinski definition) is 0. The zero-order valence-corrected chi connectivity index (χ0v) is 22.7. The third-order valence-corrected chi connectivity index (χ3v) is 8.47. The number of ketones is 1. The van der Waals surface area contributed by atoms with Crippen LogP contribution in [0, 0.1) is 11.3 Å². The summed E-state index contributed by atoms with van der Waals surface area (Å²) in [6.07, 6.45) is 4.45. The van der Waals surface area contributed by atoms with Crippen LogP contribution in [0.25, 0.3) is 5.57 Å². The van der Waals surface area contributed by atoms with Gasteiger partial charge in [0.05, 0.1) is 6.04 Å². The van der Waals surface area contributed by atoms with Gasteiger partial charge in [-0.2, -0.15) is 0 Å². The Kier molecular flexibility index (Phi) is 6.20. The lowest BCUT2D eigenvalue weighted by atomic mass is 9.60. The van der Waals surface area contributed by atoms with Crippen molar-refractivity contribution in [2.24, 2.45) is 11.3 Å². The highest BCUT2D eigenvalue weighted by Gasteiger charge is 2.58. The van der Waals surface area contributed by atoms with Gasteiger partial charge >= 0.3 is 6.09 Å². The fourth-order valence-electron chi connectivity index (χ4n) is 6.51. The van der Waals surface area contributed by atoms with E-state index in [9.17, 15) is 14.4 Å². The van der Waals surface area contributed by atoms with Gasteiger partial charge in [-0.1, -0.05) is 42.5 Å². The van der Waals surface area contributed by atoms with Crippen LogP contribution in [0.4, 0.5) is 4.79 Å². The minimum atomic E-state index is -0.513. The minimum absolute atomic E-state index is 0.0113. The number of amides is 2. The summed E-state index contributed by atoms with van der Waals surface area (Å²) in [6, 6.07) is 9.87. The first-order valence-electron chi connectivity index (χ1n) is 13.3. The quantitative estimate of drug-likeness (QED) is 0.506. The molecule has 2 amide bonds. The van der Waals surface area contributed by atoms with E-state index < -0.39 is 5.60 Å². The average molecular weight is 503 g/mol. The number of likely N-dealkylation sites (tertiary alicyclic amines) is 1. The molecule has 0 radical (unpaired) electrons. The highest BCUT2D eigenvalue weighted by atomic mass is 16.6. The van der Waals surface area contributed by atoms with Crippen molar-refractivity contribution in [2.75, 3.05) is 13.1 Å². The molecule has 2 heterocycles. The van der Waals surface area contributed by atoms with Gasteiger partial charge in [0.25, 0.3) is 0 Å². The second-order valence-corrected chi connectivity index (χ2v) is 12.5. The van der Waals surface area contributed by atoms with Crippen molar-refractivity contribution in [1.82, 2.24) is 9.80 Å². The lowest BCUT2D eigenvalue weighted by Gasteiger charge is -2.61. The Labute approximate surface area is 220 Å². The van der Waals surface area contributed by atoms with Gasteiger partial charge in [-0.05, 0) is 82.1 Å². The van der Waals surface area contributed by atoms with Gasteiger partial charge in [-0.15, -0.1) is 0 Å². The number of benzene rings is 1. The molecule has 1 aromatic carbocycles. The SMILES string of the molecule is C=C(C)C1CC(=O)C(C)=C(C2C(c3ccccc3)=CC(=O)N2C2CC3(C2)CN(C(=O)OC(C)(C)C)C3)C1. The van der Waals surface area contributed by atoms with E-state index in [4.69, 9.17) is 4.74 Å². The van der Waals surface area contributed by atoms with Gasteiger partial charge in [-0.3, -0.25) is 9.59 Å². The van der Waals surface area contributed by atoms with Crippen LogP contribution in [0.15, 0.2) is 59.7 Å². The summed E-state index contributed by atoms with van der Waals surface area (Å²) in [6.45, 7) is 15.0. The molecule has 6 nitrogen and oxygen atoms in total. The molecule has 2 unspecified atom stereocenters. The second-order valence-electron chi connectivity index (χ2n) is 12.5. The van der Waals surface area contributed by atoms with Gasteiger partial charge in [0.15, 0.2) is 5.78 Å². The molecule has 1 saturated heterocycles. The summed E-state index contributed by atoms with van der Waals surface area (Å²) in [5, 5.41) is 0. The van der Waals surface area contributed by atoms with Crippen molar-refractivity contribution in [2.45, 2.75) is 78.0 Å². The molecule has 2 atom stereocenters. The number of Topliss-reactive ketones (excluding diaryl/α,β-unsaturated/α-hetero) is 1. The maximum absolute atomic E-state index is 13.5. The van der Waals surface area contributed by atoms with Gasteiger partial charge in [0, 0.05) is 37.0 Å². The van der Waals surface area contributed by atoms with E-state index in [1.54, 1.807) is 11.0 Å². The molecule has 37 heavy (non-hydrogen) atoms. The van der Waals surface area contributed by atoms with Crippen LogP contribution >= 0.6 is 0 Å². The van der Waals surface area contributed by atoms with Crippen LogP contribution < -0.4 is 0 Å². The van der Waals surface area contributed by atoms with Gasteiger partial charge in [0.1, 0.15) is 5.60 Å². The number of allylic oxidation sites excluding steroid dienone is 2. The second kappa shape index (κ2) is 9.00. The third kappa shape index (κ3) is 4.67. The summed E-state index contributed by atoms with van der Waals surface area (Å²) in [5.41, 5.74) is 4.38. The molecule has 0 bridgehead atoms. The molecule has 0 N–H and O–H groups in total. The molecule has 1 aromatic rings. The minimum Gasteiger partial charge on any atom is -0.444 e. The molecule has 6 heteroatoms. The van der Waals surface area contributed by atoms with Crippen molar-refractivity contribution < 1.29 is 19.1 Å². The van der Waals surface area contributed by atoms with E-state index in [1.807, 2.05) is 69.9 Å². The zero-order valence-electron chi connectivity index (χ0n) is 22.7. The lowest BCUT2D eigenvalue weighted by molar-refractivity contribution is -0.143. The fraction of sp³-hybridized carbons (Fsp3) is 0.516. The van der Waals surface area contributed by atoms with Gasteiger partial charge < -0.3 is 14.5 Å². The van der Waals surface area contributed by atoms with Crippen molar-refractivity contribution in [3.63, 3.8) is 0 Å². The standard InChI is InChI=1S/C31H38N2O4/c1-19(2)22-12-24(20(3)26(34)13-22)28-25(21-10-8-7-9-11-21)14-27(35)33(28)23-15-31(16-23)17-32(18-31)29(36)37-30(4,5)6/h7-11,14,22-23,28H,1,12-13,15-18H2,2-6H3. The third-order valence-electron chi connectivity index (χ3n) is 8.47. The number of ether oxygens (including phenoxy) is 1. The fourth-order valence-corrected chi connectivity index (χ4v) is 6.51. The number of nitrogens with zero attached hydrogens (tertiary/aromatic N) is 2. The first kappa shape index (κ1) is 25.5. The van der Waals surface area contributed by atoms with Crippen LogP contribution in [-0.2, 0) is 14.3 Å². The summed E-state index contributed by atoms with van der Waals surface area (Å²) in [4.78, 5) is 42.8. The van der Waals surface area contributed by atoms with Crippen LogP contribution in [0.3, 0.4) is 0 Å². The van der Waals surface area contributed by atoms with E-state index in [-0.39, 0.29) is 41.2 Å². The summed E-state index contributed by atoms with van der Waals surface area (Å²) in [5.74, 6) is 0.262. The maximum Gasteiger partial charge on any atom is 0.410 e. The largest absolute Gasteiger partial charge is 0.444 e. The van der Waals surface area contributed by atoms with Crippen molar-refractivity contribution in [3.05, 3.63) is 65.3 Å². The Bertz CT molecular complexity index is 1210. The topological polar surface area (TPSA) is 66.9 Å². The normalized spacial score (nSPS) is 25.7. The van der Waals surface area contributed by atoms with Gasteiger partial charge in [-0.25, -0.2) is 4.79 Å². The Hall–Kier alpha value is -3.15. The summed E-state index contributed by atoms with van der Waals surface area (Å²) < 4.78 is 5.53. The molecule has 1 saturated carbocycles. The summed E-state index contributed by atoms with van der Waals surface area (Å²) >= 11 is 0. The van der Waals surface area contributed by atoms with Crippen molar-refractivity contribution in [1.29, 1.82) is 0 Å². The van der Waals surface area contributed by atoms with Crippen molar-refractivity contribution >= 4 is 23.4 Å². The smallest absolute Gasteiger partial charge is 0.410 e. The Balaban J connectivity index is 1.39. The molecular weight excluding hydrogens is 464 g/mol. The molecule has 2 fully saturated rings. The van der Waals surface area contributed by atoms with E-state index >= 15 is 0 Å². The monoisotopic (exact) mass is 502 g/mol. The molecule has 0 aromatic heterocycles. The predicted octanol–water partition coefficient (Wildman–Crippen LogP) is 5.55. The first-order chi connectivity index (χ1) is 17.4. The Morgan fingerprint density at radius 2 is 1.73 bits per heavy atom. The molecule has 2 aliphatic carbocycles. The molecule has 196 valence electrons. The van der Waals surface area contributed by atoms with E-state index in [2.05, 4.69) is 6.58 Å². The molecular formula is C31H38N2O4. The Morgan fingerprint density at radius 1 is 1.08 bits per heavy atom. The maximum atomic E-state index is 13.5. The molecule has 1 spiro atoms. The van der Waals surface area contributed by atoms with E-state index in [0.717, 1.165) is 47.1 Å². The molecule has 5 rings (SSSR count). The number of carbonyl (C=O) groups is 3. The first-order valence-corrected chi connectivity index (χ1v) is 13.3. The number of carbonyl (C=O) groups excluding carboxylic acids is 3. The average Bonchev–Trinajstić information content (AvgIpc) is 3.09. The highest BCUT2D eigenvalue weighted by molar-refractivity contribution is 6.05. The Morgan fingerprint density at radius 3 is 2.32 bits per heavy atom. The summed E-state index contributed by atoms with van der Waals surface area (Å²) in [7, 11) is 0. The predicted molar refractivity (Wildman–Crippen MR) is 144 cm³/mol. The number of hydrogen-bond acceptors (Lipinski definition) is 4. The van der Waals surface area contributed by atoms with Gasteiger partial charge in [0.2, 0.25) is 5.91 Å². The van der Waals surface area contributed by atoms with E-state index in [0.29, 0.717) is 19.5 Å². The molecule has 4 aliphatic rings. The van der Waals surface area contributed by atoms with Crippen molar-refractivity contribution in [3.8, 4) is 0 Å². The van der Waals surface area contributed by atoms with Crippen LogP contribution in [0.2, 0.25) is 0 Å². The van der Waals surface area contributed by atoms with Crippen LogP contribution in [0.1, 0.15) is 65.9 Å². The number of rotatable bonds is 4. The van der Waals surface area contributed by atoms with Crippen LogP contribution in [0.5, 0.6) is 0 Å². The van der Waals surface area contributed by atoms with Crippen LogP contribution in [-0.4, -0.2) is 58.4 Å². The molecule has 2 aliphatic heterocycles. The van der Waals surface area contributed by atoms with E-state index in [1.165, 1.54) is 0 Å². The lowest BCUT2D eigenvalue weighted by Crippen LogP contribution is -2.68. The zero-order chi connectivity index (χ0) is 26.7.